The third kappa shape index (κ3) is 3.65. The first-order valence-electron chi connectivity index (χ1n) is 4.30. The van der Waals surface area contributed by atoms with Gasteiger partial charge in [0.05, 0.1) is 10.9 Å². The van der Waals surface area contributed by atoms with Gasteiger partial charge in [-0.1, -0.05) is 18.5 Å². The van der Waals surface area contributed by atoms with Crippen molar-refractivity contribution in [3.8, 4) is 0 Å². The van der Waals surface area contributed by atoms with Crippen molar-refractivity contribution in [3.05, 3.63) is 21.3 Å². The number of rotatable bonds is 5. The number of aliphatic carboxylic acids is 1. The SMILES string of the molecule is CCN(CC(=O)O)Cc1ccc(Cl)s1. The molecule has 0 aliphatic rings. The molecule has 5 heteroatoms. The molecule has 1 heterocycles. The van der Waals surface area contributed by atoms with E-state index in [1.54, 1.807) is 0 Å². The molecule has 3 nitrogen and oxygen atoms in total. The van der Waals surface area contributed by atoms with Crippen molar-refractivity contribution in [2.75, 3.05) is 13.1 Å². The lowest BCUT2D eigenvalue weighted by Gasteiger charge is -2.16. The van der Waals surface area contributed by atoms with Crippen LogP contribution in [0.1, 0.15) is 11.8 Å². The quantitative estimate of drug-likeness (QED) is 0.849. The summed E-state index contributed by atoms with van der Waals surface area (Å²) in [6.07, 6.45) is 0. The molecule has 1 aromatic rings. The zero-order chi connectivity index (χ0) is 10.6. The Bertz CT molecular complexity index is 314. The Morgan fingerprint density at radius 3 is 2.79 bits per heavy atom. The van der Waals surface area contributed by atoms with Crippen molar-refractivity contribution in [1.29, 1.82) is 0 Å². The smallest absolute Gasteiger partial charge is 0.317 e. The number of likely N-dealkylation sites (N-methyl/N-ethyl adjacent to an activating group) is 1. The van der Waals surface area contributed by atoms with Crippen LogP contribution in [0.4, 0.5) is 0 Å². The van der Waals surface area contributed by atoms with Crippen LogP contribution in [-0.2, 0) is 11.3 Å². The van der Waals surface area contributed by atoms with Gasteiger partial charge in [0, 0.05) is 11.4 Å². The normalized spacial score (nSPS) is 10.8. The minimum Gasteiger partial charge on any atom is -0.480 e. The third-order valence-corrected chi connectivity index (χ3v) is 3.03. The van der Waals surface area contributed by atoms with Crippen LogP contribution in [-0.4, -0.2) is 29.1 Å². The summed E-state index contributed by atoms with van der Waals surface area (Å²) in [5.41, 5.74) is 0. The molecule has 0 saturated heterocycles. The first kappa shape index (κ1) is 11.5. The molecule has 78 valence electrons. The zero-order valence-corrected chi connectivity index (χ0v) is 9.44. The van der Waals surface area contributed by atoms with Crippen LogP contribution < -0.4 is 0 Å². The second kappa shape index (κ2) is 5.34. The lowest BCUT2D eigenvalue weighted by Crippen LogP contribution is -2.28. The maximum Gasteiger partial charge on any atom is 0.317 e. The highest BCUT2D eigenvalue weighted by Crippen LogP contribution is 2.22. The van der Waals surface area contributed by atoms with Gasteiger partial charge >= 0.3 is 5.97 Å². The summed E-state index contributed by atoms with van der Waals surface area (Å²) in [4.78, 5) is 13.4. The Labute approximate surface area is 91.9 Å². The summed E-state index contributed by atoms with van der Waals surface area (Å²) in [7, 11) is 0. The van der Waals surface area contributed by atoms with Gasteiger partial charge in [-0.25, -0.2) is 0 Å². The molecule has 0 spiro atoms. The average Bonchev–Trinajstić information content (AvgIpc) is 2.49. The highest BCUT2D eigenvalue weighted by atomic mass is 35.5. The fourth-order valence-electron chi connectivity index (χ4n) is 1.13. The number of halogens is 1. The number of hydrogen-bond donors (Lipinski definition) is 1. The Morgan fingerprint density at radius 1 is 1.64 bits per heavy atom. The summed E-state index contributed by atoms with van der Waals surface area (Å²) >= 11 is 7.27. The number of carboxylic acids is 1. The molecule has 1 N–H and O–H groups in total. The number of carbonyl (C=O) groups is 1. The van der Waals surface area contributed by atoms with Gasteiger partial charge in [-0.2, -0.15) is 0 Å². The average molecular weight is 234 g/mol. The minimum atomic E-state index is -0.797. The van der Waals surface area contributed by atoms with Crippen molar-refractivity contribution in [2.45, 2.75) is 13.5 Å². The molecule has 14 heavy (non-hydrogen) atoms. The van der Waals surface area contributed by atoms with E-state index in [9.17, 15) is 4.79 Å². The first-order chi connectivity index (χ1) is 6.61. The Morgan fingerprint density at radius 2 is 2.36 bits per heavy atom. The standard InChI is InChI=1S/C9H12ClNO2S/c1-2-11(6-9(12)13)5-7-3-4-8(10)14-7/h3-4H,2,5-6H2,1H3,(H,12,13). The molecule has 0 radical (unpaired) electrons. The van der Waals surface area contributed by atoms with E-state index in [1.807, 2.05) is 24.0 Å². The summed E-state index contributed by atoms with van der Waals surface area (Å²) in [6, 6.07) is 3.76. The van der Waals surface area contributed by atoms with Crippen molar-refractivity contribution >= 4 is 28.9 Å². The van der Waals surface area contributed by atoms with E-state index in [0.29, 0.717) is 6.54 Å². The van der Waals surface area contributed by atoms with E-state index in [-0.39, 0.29) is 6.54 Å². The maximum atomic E-state index is 10.5. The Balaban J connectivity index is 2.52. The number of carboxylic acid groups (broad SMARTS) is 1. The number of hydrogen-bond acceptors (Lipinski definition) is 3. The summed E-state index contributed by atoms with van der Waals surface area (Å²) in [5, 5.41) is 8.63. The number of thiophene rings is 1. The van der Waals surface area contributed by atoms with Gasteiger partial charge in [0.2, 0.25) is 0 Å². The highest BCUT2D eigenvalue weighted by Gasteiger charge is 2.09. The number of nitrogens with zero attached hydrogens (tertiary/aromatic N) is 1. The Hall–Kier alpha value is -0.580. The van der Waals surface area contributed by atoms with Crippen LogP contribution >= 0.6 is 22.9 Å². The summed E-state index contributed by atoms with van der Waals surface area (Å²) in [5.74, 6) is -0.797. The molecular weight excluding hydrogens is 222 g/mol. The van der Waals surface area contributed by atoms with Crippen LogP contribution in [0.15, 0.2) is 12.1 Å². The second-order valence-electron chi connectivity index (χ2n) is 2.90. The second-order valence-corrected chi connectivity index (χ2v) is 4.70. The fourth-order valence-corrected chi connectivity index (χ4v) is 2.26. The Kier molecular flexibility index (Phi) is 4.38. The topological polar surface area (TPSA) is 40.5 Å². The molecule has 0 fully saturated rings. The molecule has 0 aromatic carbocycles. The molecule has 0 bridgehead atoms. The van der Waals surface area contributed by atoms with Crippen LogP contribution in [0.25, 0.3) is 0 Å². The monoisotopic (exact) mass is 233 g/mol. The van der Waals surface area contributed by atoms with Crippen molar-refractivity contribution in [3.63, 3.8) is 0 Å². The molecule has 0 saturated carbocycles. The van der Waals surface area contributed by atoms with E-state index < -0.39 is 5.97 Å². The largest absolute Gasteiger partial charge is 0.480 e. The lowest BCUT2D eigenvalue weighted by atomic mass is 10.4. The van der Waals surface area contributed by atoms with Crippen LogP contribution in [0.3, 0.4) is 0 Å². The van der Waals surface area contributed by atoms with Gasteiger partial charge in [-0.05, 0) is 18.7 Å². The minimum absolute atomic E-state index is 0.0754. The van der Waals surface area contributed by atoms with E-state index in [1.165, 1.54) is 11.3 Å². The van der Waals surface area contributed by atoms with E-state index in [2.05, 4.69) is 0 Å². The van der Waals surface area contributed by atoms with Crippen LogP contribution in [0.5, 0.6) is 0 Å². The van der Waals surface area contributed by atoms with Crippen molar-refractivity contribution in [2.24, 2.45) is 0 Å². The lowest BCUT2D eigenvalue weighted by molar-refractivity contribution is -0.138. The van der Waals surface area contributed by atoms with Gasteiger partial charge in [-0.15, -0.1) is 11.3 Å². The molecular formula is C9H12ClNO2S. The highest BCUT2D eigenvalue weighted by molar-refractivity contribution is 7.16. The van der Waals surface area contributed by atoms with Crippen molar-refractivity contribution in [1.82, 2.24) is 4.90 Å². The van der Waals surface area contributed by atoms with Crippen molar-refractivity contribution < 1.29 is 9.90 Å². The summed E-state index contributed by atoms with van der Waals surface area (Å²) < 4.78 is 0.742. The van der Waals surface area contributed by atoms with Gasteiger partial charge < -0.3 is 5.11 Å². The van der Waals surface area contributed by atoms with E-state index in [4.69, 9.17) is 16.7 Å². The van der Waals surface area contributed by atoms with Crippen LogP contribution in [0, 0.1) is 0 Å². The van der Waals surface area contributed by atoms with Gasteiger partial charge in [-0.3, -0.25) is 9.69 Å². The van der Waals surface area contributed by atoms with Crippen LogP contribution in [0.2, 0.25) is 4.34 Å². The van der Waals surface area contributed by atoms with E-state index in [0.717, 1.165) is 15.8 Å². The predicted octanol–water partition coefficient (Wildman–Crippen LogP) is 2.31. The summed E-state index contributed by atoms with van der Waals surface area (Å²) in [6.45, 7) is 3.40. The molecule has 0 unspecified atom stereocenters. The molecule has 0 atom stereocenters. The molecule has 0 amide bonds. The maximum absolute atomic E-state index is 10.5. The molecule has 0 aliphatic heterocycles. The fraction of sp³-hybridized carbons (Fsp3) is 0.444. The van der Waals surface area contributed by atoms with Gasteiger partial charge in [0.15, 0.2) is 0 Å². The molecule has 0 aliphatic carbocycles. The third-order valence-electron chi connectivity index (χ3n) is 1.81. The van der Waals surface area contributed by atoms with Gasteiger partial charge in [0.1, 0.15) is 0 Å². The van der Waals surface area contributed by atoms with Gasteiger partial charge in [0.25, 0.3) is 0 Å². The van der Waals surface area contributed by atoms with E-state index >= 15 is 0 Å². The molecule has 1 rings (SSSR count). The first-order valence-corrected chi connectivity index (χ1v) is 5.49. The predicted molar refractivity (Wildman–Crippen MR) is 57.9 cm³/mol. The zero-order valence-electron chi connectivity index (χ0n) is 7.86. The molecule has 1 aromatic heterocycles.